The molecule has 1 atom stereocenters. The summed E-state index contributed by atoms with van der Waals surface area (Å²) >= 11 is 0. The molecule has 6 heteroatoms. The zero-order valence-corrected chi connectivity index (χ0v) is 16.3. The van der Waals surface area contributed by atoms with E-state index in [0.717, 1.165) is 45.2 Å². The third-order valence-corrected chi connectivity index (χ3v) is 5.84. The Balaban J connectivity index is 1.56. The van der Waals surface area contributed by atoms with Gasteiger partial charge in [-0.2, -0.15) is 0 Å². The number of carbonyl (C=O) groups is 1. The molecule has 0 radical (unpaired) electrons. The van der Waals surface area contributed by atoms with E-state index >= 15 is 0 Å². The van der Waals surface area contributed by atoms with E-state index in [1.54, 1.807) is 17.3 Å². The molecular formula is C22H28N4O2. The highest BCUT2D eigenvalue weighted by molar-refractivity contribution is 5.94. The topological polar surface area (TPSA) is 69.6 Å². The molecule has 0 spiro atoms. The molecule has 1 aromatic carbocycles. The first-order valence-corrected chi connectivity index (χ1v) is 10.3. The lowest BCUT2D eigenvalue weighted by molar-refractivity contribution is 0.0609. The fourth-order valence-corrected chi connectivity index (χ4v) is 4.41. The summed E-state index contributed by atoms with van der Waals surface area (Å²) < 4.78 is 0. The van der Waals surface area contributed by atoms with E-state index in [4.69, 9.17) is 0 Å². The number of aliphatic hydroxyl groups excluding tert-OH is 1. The number of fused-ring (bicyclic) bond motifs is 1. The zero-order chi connectivity index (χ0) is 19.3. The van der Waals surface area contributed by atoms with Crippen LogP contribution in [0.25, 0.3) is 0 Å². The van der Waals surface area contributed by atoms with Crippen molar-refractivity contribution in [3.05, 3.63) is 53.3 Å². The Labute approximate surface area is 166 Å². The van der Waals surface area contributed by atoms with E-state index in [0.29, 0.717) is 18.1 Å². The van der Waals surface area contributed by atoms with E-state index in [2.05, 4.69) is 27.0 Å². The van der Waals surface area contributed by atoms with E-state index in [9.17, 15) is 9.90 Å². The fourth-order valence-electron chi connectivity index (χ4n) is 4.41. The number of piperidine rings is 1. The van der Waals surface area contributed by atoms with Crippen molar-refractivity contribution in [3.63, 3.8) is 0 Å². The first-order valence-electron chi connectivity index (χ1n) is 10.3. The van der Waals surface area contributed by atoms with Crippen LogP contribution in [0, 0.1) is 0 Å². The van der Waals surface area contributed by atoms with Gasteiger partial charge in [-0.25, -0.2) is 9.97 Å². The van der Waals surface area contributed by atoms with E-state index < -0.39 is 0 Å². The third-order valence-electron chi connectivity index (χ3n) is 5.84. The maximum Gasteiger partial charge on any atom is 0.257 e. The second-order valence-corrected chi connectivity index (χ2v) is 7.65. The summed E-state index contributed by atoms with van der Waals surface area (Å²) in [7, 11) is 0. The molecule has 1 fully saturated rings. The van der Waals surface area contributed by atoms with Gasteiger partial charge < -0.3 is 14.9 Å². The van der Waals surface area contributed by atoms with Gasteiger partial charge in [0.2, 0.25) is 5.95 Å². The molecule has 2 aliphatic rings. The van der Waals surface area contributed by atoms with Crippen LogP contribution in [0.2, 0.25) is 0 Å². The summed E-state index contributed by atoms with van der Waals surface area (Å²) in [6.45, 7) is 2.20. The molecule has 2 heterocycles. The van der Waals surface area contributed by atoms with Crippen molar-refractivity contribution in [2.45, 2.75) is 44.6 Å². The van der Waals surface area contributed by atoms with Gasteiger partial charge in [0.05, 0.1) is 18.2 Å². The van der Waals surface area contributed by atoms with Crippen molar-refractivity contribution >= 4 is 11.9 Å². The molecule has 1 saturated heterocycles. The molecule has 1 N–H and O–H groups in total. The number of amides is 1. The number of nitrogens with zero attached hydrogens (tertiary/aromatic N) is 4. The predicted octanol–water partition coefficient (Wildman–Crippen LogP) is 2.98. The second-order valence-electron chi connectivity index (χ2n) is 7.65. The number of hydrogen-bond acceptors (Lipinski definition) is 5. The molecular weight excluding hydrogens is 352 g/mol. The standard InChI is InChI=1S/C22H28N4O2/c27-14-13-26(20-10-6-8-17-7-2-3-9-19(17)20)21(28)18-15-23-22(24-16-18)25-11-4-1-5-12-25/h2-3,7,9,15-16,20,27H,1,4-6,8,10-14H2. The number of anilines is 1. The third kappa shape index (κ3) is 3.87. The summed E-state index contributed by atoms with van der Waals surface area (Å²) in [5.41, 5.74) is 2.98. The number of rotatable bonds is 5. The largest absolute Gasteiger partial charge is 0.395 e. The molecule has 6 nitrogen and oxygen atoms in total. The quantitative estimate of drug-likeness (QED) is 0.864. The average Bonchev–Trinajstić information content (AvgIpc) is 2.77. The van der Waals surface area contributed by atoms with Gasteiger partial charge in [0.1, 0.15) is 0 Å². The molecule has 1 aliphatic carbocycles. The van der Waals surface area contributed by atoms with E-state index in [-0.39, 0.29) is 18.6 Å². The maximum absolute atomic E-state index is 13.3. The SMILES string of the molecule is O=C(c1cnc(N2CCCCC2)nc1)N(CCO)C1CCCc2ccccc21. The van der Waals surface area contributed by atoms with Gasteiger partial charge in [0.25, 0.3) is 5.91 Å². The highest BCUT2D eigenvalue weighted by atomic mass is 16.3. The molecule has 1 aromatic heterocycles. The first kappa shape index (κ1) is 18.9. The Hall–Kier alpha value is -2.47. The second kappa shape index (κ2) is 8.69. The average molecular weight is 380 g/mol. The van der Waals surface area contributed by atoms with Gasteiger partial charge in [-0.1, -0.05) is 24.3 Å². The maximum atomic E-state index is 13.3. The van der Waals surface area contributed by atoms with Crippen LogP contribution in [0.3, 0.4) is 0 Å². The van der Waals surface area contributed by atoms with Crippen LogP contribution in [0.4, 0.5) is 5.95 Å². The minimum atomic E-state index is -0.110. The van der Waals surface area contributed by atoms with Gasteiger partial charge in [-0.05, 0) is 49.7 Å². The van der Waals surface area contributed by atoms with Crippen LogP contribution < -0.4 is 4.90 Å². The van der Waals surface area contributed by atoms with Gasteiger partial charge in [0, 0.05) is 32.0 Å². The first-order chi connectivity index (χ1) is 13.8. The lowest BCUT2D eigenvalue weighted by atomic mass is 9.86. The Kier molecular flexibility index (Phi) is 5.86. The van der Waals surface area contributed by atoms with Crippen molar-refractivity contribution < 1.29 is 9.90 Å². The predicted molar refractivity (Wildman–Crippen MR) is 108 cm³/mol. The number of carbonyl (C=O) groups excluding carboxylic acids is 1. The van der Waals surface area contributed by atoms with E-state index in [1.807, 2.05) is 12.1 Å². The Bertz CT molecular complexity index is 802. The van der Waals surface area contributed by atoms with Crippen LogP contribution in [0.1, 0.15) is 59.6 Å². The van der Waals surface area contributed by atoms with Crippen molar-refractivity contribution in [3.8, 4) is 0 Å². The summed E-state index contributed by atoms with van der Waals surface area (Å²) in [5, 5.41) is 9.59. The van der Waals surface area contributed by atoms with Crippen LogP contribution in [0.5, 0.6) is 0 Å². The van der Waals surface area contributed by atoms with Gasteiger partial charge in [0.15, 0.2) is 0 Å². The molecule has 1 amide bonds. The summed E-state index contributed by atoms with van der Waals surface area (Å²) in [6.07, 6.45) is 9.85. The molecule has 28 heavy (non-hydrogen) atoms. The highest BCUT2D eigenvalue weighted by Crippen LogP contribution is 2.34. The van der Waals surface area contributed by atoms with Crippen LogP contribution in [0.15, 0.2) is 36.7 Å². The van der Waals surface area contributed by atoms with Crippen molar-refractivity contribution in [1.82, 2.24) is 14.9 Å². The van der Waals surface area contributed by atoms with Gasteiger partial charge in [-0.15, -0.1) is 0 Å². The van der Waals surface area contributed by atoms with Crippen LogP contribution >= 0.6 is 0 Å². The minimum Gasteiger partial charge on any atom is -0.395 e. The molecule has 1 aliphatic heterocycles. The molecule has 148 valence electrons. The van der Waals surface area contributed by atoms with Gasteiger partial charge in [-0.3, -0.25) is 4.79 Å². The van der Waals surface area contributed by atoms with Crippen molar-refractivity contribution in [1.29, 1.82) is 0 Å². The monoisotopic (exact) mass is 380 g/mol. The molecule has 4 rings (SSSR count). The molecule has 0 bridgehead atoms. The number of aliphatic hydroxyl groups is 1. The normalized spacial score (nSPS) is 19.2. The fraction of sp³-hybridized carbons (Fsp3) is 0.500. The number of benzene rings is 1. The lowest BCUT2D eigenvalue weighted by Gasteiger charge is -2.35. The van der Waals surface area contributed by atoms with Crippen molar-refractivity contribution in [2.75, 3.05) is 31.1 Å². The van der Waals surface area contributed by atoms with Crippen molar-refractivity contribution in [2.24, 2.45) is 0 Å². The Morgan fingerprint density at radius 1 is 1.11 bits per heavy atom. The summed E-state index contributed by atoms with van der Waals surface area (Å²) in [4.78, 5) is 26.1. The lowest BCUT2D eigenvalue weighted by Crippen LogP contribution is -2.39. The zero-order valence-electron chi connectivity index (χ0n) is 16.3. The number of aromatic nitrogens is 2. The molecule has 2 aromatic rings. The number of hydrogen-bond donors (Lipinski definition) is 1. The van der Waals surface area contributed by atoms with E-state index in [1.165, 1.54) is 17.5 Å². The molecule has 1 unspecified atom stereocenters. The Morgan fingerprint density at radius 3 is 2.61 bits per heavy atom. The summed E-state index contributed by atoms with van der Waals surface area (Å²) in [5.74, 6) is 0.592. The van der Waals surface area contributed by atoms with Gasteiger partial charge >= 0.3 is 0 Å². The van der Waals surface area contributed by atoms with Crippen LogP contribution in [-0.4, -0.2) is 52.1 Å². The highest BCUT2D eigenvalue weighted by Gasteiger charge is 2.30. The Morgan fingerprint density at radius 2 is 1.86 bits per heavy atom. The van der Waals surface area contributed by atoms with Crippen LogP contribution in [-0.2, 0) is 6.42 Å². The smallest absolute Gasteiger partial charge is 0.257 e. The summed E-state index contributed by atoms with van der Waals surface area (Å²) in [6, 6.07) is 8.31. The number of aryl methyl sites for hydroxylation is 1. The molecule has 0 saturated carbocycles. The minimum absolute atomic E-state index is 0.00799.